The molecule has 0 radical (unpaired) electrons. The summed E-state index contributed by atoms with van der Waals surface area (Å²) in [6.45, 7) is 0. The summed E-state index contributed by atoms with van der Waals surface area (Å²) in [6.07, 6.45) is 6.61. The number of nitrogens with zero attached hydrogens (tertiary/aromatic N) is 3. The SMILES string of the molecule is NC(=O)c1cc(-n2ccnc2)ccn1. The molecule has 0 aliphatic heterocycles. The van der Waals surface area contributed by atoms with Crippen molar-refractivity contribution in [3.63, 3.8) is 0 Å². The monoisotopic (exact) mass is 188 g/mol. The standard InChI is InChI=1S/C9H8N4O/c10-9(14)8-5-7(1-2-12-8)13-4-3-11-6-13/h1-6H,(H2,10,14). The number of amides is 1. The summed E-state index contributed by atoms with van der Waals surface area (Å²) in [5.74, 6) is -0.535. The maximum atomic E-state index is 10.9. The van der Waals surface area contributed by atoms with Crippen molar-refractivity contribution in [2.24, 2.45) is 5.73 Å². The van der Waals surface area contributed by atoms with Crippen LogP contribution in [0.2, 0.25) is 0 Å². The molecule has 0 saturated carbocycles. The number of nitrogens with two attached hydrogens (primary N) is 1. The van der Waals surface area contributed by atoms with Gasteiger partial charge in [-0.2, -0.15) is 0 Å². The number of carbonyl (C=O) groups excluding carboxylic acids is 1. The van der Waals surface area contributed by atoms with Crippen molar-refractivity contribution >= 4 is 5.91 Å². The number of rotatable bonds is 2. The fourth-order valence-electron chi connectivity index (χ4n) is 1.13. The number of hydrogen-bond acceptors (Lipinski definition) is 3. The summed E-state index contributed by atoms with van der Waals surface area (Å²) in [7, 11) is 0. The molecule has 0 aliphatic carbocycles. The van der Waals surface area contributed by atoms with Gasteiger partial charge in [0, 0.05) is 18.6 Å². The molecule has 0 aromatic carbocycles. The first-order valence-corrected chi connectivity index (χ1v) is 4.01. The van der Waals surface area contributed by atoms with Crippen LogP contribution in [-0.4, -0.2) is 20.4 Å². The second-order valence-electron chi connectivity index (χ2n) is 2.73. The van der Waals surface area contributed by atoms with Crippen molar-refractivity contribution in [2.75, 3.05) is 0 Å². The highest BCUT2D eigenvalue weighted by Gasteiger charge is 2.03. The second kappa shape index (κ2) is 3.29. The lowest BCUT2D eigenvalue weighted by Crippen LogP contribution is -2.13. The fraction of sp³-hybridized carbons (Fsp3) is 0. The molecule has 5 nitrogen and oxygen atoms in total. The minimum atomic E-state index is -0.535. The third kappa shape index (κ3) is 1.47. The zero-order valence-electron chi connectivity index (χ0n) is 7.29. The molecule has 0 fully saturated rings. The Balaban J connectivity index is 2.46. The Morgan fingerprint density at radius 3 is 2.93 bits per heavy atom. The predicted molar refractivity (Wildman–Crippen MR) is 49.9 cm³/mol. The number of carbonyl (C=O) groups is 1. The van der Waals surface area contributed by atoms with Crippen LogP contribution in [0.3, 0.4) is 0 Å². The highest BCUT2D eigenvalue weighted by atomic mass is 16.1. The van der Waals surface area contributed by atoms with Crippen molar-refractivity contribution in [2.45, 2.75) is 0 Å². The number of primary amides is 1. The van der Waals surface area contributed by atoms with Crippen LogP contribution in [0, 0.1) is 0 Å². The maximum Gasteiger partial charge on any atom is 0.267 e. The van der Waals surface area contributed by atoms with Crippen molar-refractivity contribution in [1.29, 1.82) is 0 Å². The molecule has 2 N–H and O–H groups in total. The van der Waals surface area contributed by atoms with E-state index in [1.54, 1.807) is 35.4 Å². The van der Waals surface area contributed by atoms with Crippen LogP contribution in [0.15, 0.2) is 37.1 Å². The van der Waals surface area contributed by atoms with Gasteiger partial charge < -0.3 is 10.3 Å². The van der Waals surface area contributed by atoms with Gasteiger partial charge in [0.15, 0.2) is 0 Å². The lowest BCUT2D eigenvalue weighted by molar-refractivity contribution is 0.0995. The van der Waals surface area contributed by atoms with E-state index in [1.807, 2.05) is 0 Å². The van der Waals surface area contributed by atoms with Crippen LogP contribution in [0.1, 0.15) is 10.5 Å². The highest BCUT2D eigenvalue weighted by molar-refractivity contribution is 5.91. The first-order valence-electron chi connectivity index (χ1n) is 4.01. The van der Waals surface area contributed by atoms with Gasteiger partial charge in [-0.3, -0.25) is 9.78 Å². The maximum absolute atomic E-state index is 10.9. The number of imidazole rings is 1. The van der Waals surface area contributed by atoms with Gasteiger partial charge in [0.25, 0.3) is 5.91 Å². The molecule has 5 heteroatoms. The third-order valence-electron chi connectivity index (χ3n) is 1.80. The molecule has 0 spiro atoms. The molecule has 2 rings (SSSR count). The molecule has 2 aromatic rings. The Morgan fingerprint density at radius 2 is 2.29 bits per heavy atom. The van der Waals surface area contributed by atoms with Gasteiger partial charge in [-0.05, 0) is 12.1 Å². The fourth-order valence-corrected chi connectivity index (χ4v) is 1.13. The molecule has 2 aromatic heterocycles. The van der Waals surface area contributed by atoms with Gasteiger partial charge in [0.1, 0.15) is 5.69 Å². The Hall–Kier alpha value is -2.17. The highest BCUT2D eigenvalue weighted by Crippen LogP contribution is 2.06. The first-order chi connectivity index (χ1) is 6.77. The molecule has 0 aliphatic rings. The summed E-state index contributed by atoms with van der Waals surface area (Å²) >= 11 is 0. The van der Waals surface area contributed by atoms with Gasteiger partial charge in [-0.1, -0.05) is 0 Å². The molecular weight excluding hydrogens is 180 g/mol. The summed E-state index contributed by atoms with van der Waals surface area (Å²) < 4.78 is 1.77. The molecular formula is C9H8N4O. The van der Waals surface area contributed by atoms with Crippen LogP contribution in [0.5, 0.6) is 0 Å². The minimum Gasteiger partial charge on any atom is -0.364 e. The van der Waals surface area contributed by atoms with Crippen molar-refractivity contribution in [1.82, 2.24) is 14.5 Å². The first kappa shape index (κ1) is 8.43. The van der Waals surface area contributed by atoms with Gasteiger partial charge in [0.05, 0.1) is 12.0 Å². The van der Waals surface area contributed by atoms with Crippen LogP contribution in [-0.2, 0) is 0 Å². The Bertz CT molecular complexity index is 450. The normalized spacial score (nSPS) is 10.0. The lowest BCUT2D eigenvalue weighted by Gasteiger charge is -2.01. The quantitative estimate of drug-likeness (QED) is 0.739. The van der Waals surface area contributed by atoms with Crippen LogP contribution >= 0.6 is 0 Å². The largest absolute Gasteiger partial charge is 0.364 e. The van der Waals surface area contributed by atoms with E-state index >= 15 is 0 Å². The topological polar surface area (TPSA) is 73.8 Å². The van der Waals surface area contributed by atoms with E-state index in [4.69, 9.17) is 5.73 Å². The average Bonchev–Trinajstić information content (AvgIpc) is 2.71. The number of hydrogen-bond donors (Lipinski definition) is 1. The lowest BCUT2D eigenvalue weighted by atomic mass is 10.3. The number of aromatic nitrogens is 3. The molecule has 70 valence electrons. The van der Waals surface area contributed by atoms with E-state index in [-0.39, 0.29) is 5.69 Å². The predicted octanol–water partition coefficient (Wildman–Crippen LogP) is 0.366. The van der Waals surface area contributed by atoms with Crippen LogP contribution in [0.25, 0.3) is 5.69 Å². The van der Waals surface area contributed by atoms with Gasteiger partial charge >= 0.3 is 0 Å². The summed E-state index contributed by atoms with van der Waals surface area (Å²) in [4.78, 5) is 18.6. The Kier molecular flexibility index (Phi) is 1.98. The van der Waals surface area contributed by atoms with E-state index in [1.165, 1.54) is 6.20 Å². The van der Waals surface area contributed by atoms with E-state index in [9.17, 15) is 4.79 Å². The third-order valence-corrected chi connectivity index (χ3v) is 1.80. The molecule has 0 bridgehead atoms. The van der Waals surface area contributed by atoms with Gasteiger partial charge in [-0.25, -0.2) is 4.98 Å². The van der Waals surface area contributed by atoms with E-state index in [2.05, 4.69) is 9.97 Å². The number of pyridine rings is 1. The molecule has 0 saturated heterocycles. The average molecular weight is 188 g/mol. The summed E-state index contributed by atoms with van der Waals surface area (Å²) in [5, 5.41) is 0. The van der Waals surface area contributed by atoms with E-state index in [0.29, 0.717) is 0 Å². The Labute approximate surface area is 80.2 Å². The van der Waals surface area contributed by atoms with Gasteiger partial charge in [-0.15, -0.1) is 0 Å². The second-order valence-corrected chi connectivity index (χ2v) is 2.73. The van der Waals surface area contributed by atoms with Crippen molar-refractivity contribution < 1.29 is 4.79 Å². The Morgan fingerprint density at radius 1 is 1.43 bits per heavy atom. The van der Waals surface area contributed by atoms with Crippen LogP contribution < -0.4 is 5.73 Å². The smallest absolute Gasteiger partial charge is 0.267 e. The molecule has 1 amide bonds. The minimum absolute atomic E-state index is 0.246. The summed E-state index contributed by atoms with van der Waals surface area (Å²) in [6, 6.07) is 3.39. The molecule has 2 heterocycles. The van der Waals surface area contributed by atoms with Crippen molar-refractivity contribution in [3.8, 4) is 5.69 Å². The van der Waals surface area contributed by atoms with Crippen molar-refractivity contribution in [3.05, 3.63) is 42.7 Å². The van der Waals surface area contributed by atoms with E-state index < -0.39 is 5.91 Å². The van der Waals surface area contributed by atoms with Crippen LogP contribution in [0.4, 0.5) is 0 Å². The molecule has 14 heavy (non-hydrogen) atoms. The van der Waals surface area contributed by atoms with Gasteiger partial charge in [0.2, 0.25) is 0 Å². The summed E-state index contributed by atoms with van der Waals surface area (Å²) in [5.41, 5.74) is 6.17. The van der Waals surface area contributed by atoms with E-state index in [0.717, 1.165) is 5.69 Å². The molecule has 0 atom stereocenters. The zero-order chi connectivity index (χ0) is 9.97. The molecule has 0 unspecified atom stereocenters. The zero-order valence-corrected chi connectivity index (χ0v) is 7.29.